The maximum atomic E-state index is 5.67. The van der Waals surface area contributed by atoms with Crippen molar-refractivity contribution in [1.82, 2.24) is 9.80 Å². The summed E-state index contributed by atoms with van der Waals surface area (Å²) >= 11 is 1.87. The van der Waals surface area contributed by atoms with Crippen molar-refractivity contribution in [3.8, 4) is 0 Å². The van der Waals surface area contributed by atoms with E-state index in [1.165, 1.54) is 42.1 Å². The fourth-order valence-electron chi connectivity index (χ4n) is 3.27. The lowest BCUT2D eigenvalue weighted by Crippen LogP contribution is -2.30. The molecule has 3 rings (SSSR count). The van der Waals surface area contributed by atoms with E-state index in [9.17, 15) is 0 Å². The molecule has 0 unspecified atom stereocenters. The Balaban J connectivity index is 0.00000156. The van der Waals surface area contributed by atoms with Crippen LogP contribution < -0.4 is 5.73 Å². The minimum Gasteiger partial charge on any atom is -0.330 e. The first kappa shape index (κ1) is 22.4. The molecule has 0 spiro atoms. The Labute approximate surface area is 168 Å². The number of nitrogens with two attached hydrogens (primary N) is 1. The molecule has 0 radical (unpaired) electrons. The third kappa shape index (κ3) is 7.26. The predicted molar refractivity (Wildman–Crippen MR) is 113 cm³/mol. The van der Waals surface area contributed by atoms with Crippen LogP contribution in [0.1, 0.15) is 22.4 Å². The number of benzene rings is 1. The van der Waals surface area contributed by atoms with Gasteiger partial charge in [-0.15, -0.1) is 36.2 Å². The van der Waals surface area contributed by atoms with Crippen LogP contribution in [0.15, 0.2) is 41.8 Å². The third-order valence-corrected chi connectivity index (χ3v) is 5.33. The van der Waals surface area contributed by atoms with Crippen LogP contribution in [-0.2, 0) is 19.5 Å². The van der Waals surface area contributed by atoms with Gasteiger partial charge in [-0.25, -0.2) is 0 Å². The van der Waals surface area contributed by atoms with Crippen LogP contribution in [0, 0.1) is 0 Å². The number of hydrogen-bond donors (Lipinski definition) is 1. The Hall–Kier alpha value is -0.620. The van der Waals surface area contributed by atoms with E-state index >= 15 is 0 Å². The number of nitrogens with zero attached hydrogens (tertiary/aromatic N) is 2. The zero-order chi connectivity index (χ0) is 15.9. The highest BCUT2D eigenvalue weighted by Crippen LogP contribution is 2.15. The monoisotopic (exact) mass is 401 g/mol. The average Bonchev–Trinajstić information content (AvgIpc) is 2.96. The molecule has 2 aromatic rings. The summed E-state index contributed by atoms with van der Waals surface area (Å²) in [7, 11) is 0. The molecule has 25 heavy (non-hydrogen) atoms. The maximum absolute atomic E-state index is 5.67. The van der Waals surface area contributed by atoms with Crippen LogP contribution in [0.3, 0.4) is 0 Å². The Kier molecular flexibility index (Phi) is 10.7. The van der Waals surface area contributed by atoms with Crippen molar-refractivity contribution < 1.29 is 0 Å². The molecular formula is C19H29Cl2N3S. The van der Waals surface area contributed by atoms with Gasteiger partial charge in [-0.1, -0.05) is 30.3 Å². The van der Waals surface area contributed by atoms with Gasteiger partial charge in [-0.3, -0.25) is 9.80 Å². The summed E-state index contributed by atoms with van der Waals surface area (Å²) in [6, 6.07) is 13.3. The highest BCUT2D eigenvalue weighted by molar-refractivity contribution is 7.09. The number of halogens is 2. The van der Waals surface area contributed by atoms with Crippen molar-refractivity contribution in [3.05, 3.63) is 57.8 Å². The highest BCUT2D eigenvalue weighted by Gasteiger charge is 2.15. The molecule has 140 valence electrons. The molecule has 1 aliphatic rings. The molecule has 1 aromatic carbocycles. The molecule has 0 amide bonds. The fraction of sp³-hybridized carbons (Fsp3) is 0.474. The van der Waals surface area contributed by atoms with Crippen LogP contribution in [0.2, 0.25) is 0 Å². The standard InChI is InChI=1S/C19H27N3S.2ClH/c20-8-7-17-4-1-5-18(14-17)15-21-9-3-10-22(12-11-21)16-19-6-2-13-23-19;;/h1-2,4-6,13-14H,3,7-12,15-16,20H2;2*1H. The average molecular weight is 402 g/mol. The lowest BCUT2D eigenvalue weighted by molar-refractivity contribution is 0.248. The van der Waals surface area contributed by atoms with E-state index in [0.29, 0.717) is 0 Å². The van der Waals surface area contributed by atoms with E-state index in [0.717, 1.165) is 32.6 Å². The zero-order valence-corrected chi connectivity index (χ0v) is 17.1. The summed E-state index contributed by atoms with van der Waals surface area (Å²) in [5.74, 6) is 0. The molecule has 1 saturated heterocycles. The van der Waals surface area contributed by atoms with E-state index in [4.69, 9.17) is 5.73 Å². The molecule has 3 nitrogen and oxygen atoms in total. The Morgan fingerprint density at radius 1 is 0.880 bits per heavy atom. The van der Waals surface area contributed by atoms with E-state index < -0.39 is 0 Å². The van der Waals surface area contributed by atoms with Crippen LogP contribution in [0.4, 0.5) is 0 Å². The van der Waals surface area contributed by atoms with Gasteiger partial charge in [-0.05, 0) is 55.0 Å². The molecule has 0 saturated carbocycles. The minimum absolute atomic E-state index is 0. The first-order valence-electron chi connectivity index (χ1n) is 8.58. The summed E-state index contributed by atoms with van der Waals surface area (Å²) < 4.78 is 0. The molecule has 0 aliphatic carbocycles. The van der Waals surface area contributed by atoms with Crippen LogP contribution >= 0.6 is 36.2 Å². The summed E-state index contributed by atoms with van der Waals surface area (Å²) in [6.07, 6.45) is 2.23. The predicted octanol–water partition coefficient (Wildman–Crippen LogP) is 3.80. The van der Waals surface area contributed by atoms with E-state index in [1.807, 2.05) is 11.3 Å². The Bertz CT molecular complexity index is 592. The van der Waals surface area contributed by atoms with Crippen LogP contribution in [-0.4, -0.2) is 42.5 Å². The molecular weight excluding hydrogens is 373 g/mol. The lowest BCUT2D eigenvalue weighted by atomic mass is 10.1. The van der Waals surface area contributed by atoms with Gasteiger partial charge in [0, 0.05) is 31.1 Å². The third-order valence-electron chi connectivity index (χ3n) is 4.47. The SMILES string of the molecule is Cl.Cl.NCCc1cccc(CN2CCCN(Cc3cccs3)CC2)c1. The van der Waals surface area contributed by atoms with Crippen molar-refractivity contribution in [1.29, 1.82) is 0 Å². The summed E-state index contributed by atoms with van der Waals surface area (Å²) in [6.45, 7) is 7.63. The molecule has 1 aliphatic heterocycles. The molecule has 6 heteroatoms. The van der Waals surface area contributed by atoms with Gasteiger partial charge in [-0.2, -0.15) is 0 Å². The van der Waals surface area contributed by atoms with Gasteiger partial charge in [0.2, 0.25) is 0 Å². The van der Waals surface area contributed by atoms with Gasteiger partial charge in [0.25, 0.3) is 0 Å². The summed E-state index contributed by atoms with van der Waals surface area (Å²) in [4.78, 5) is 6.67. The smallest absolute Gasteiger partial charge is 0.0328 e. The second-order valence-corrected chi connectivity index (χ2v) is 7.38. The van der Waals surface area contributed by atoms with Gasteiger partial charge in [0.05, 0.1) is 0 Å². The van der Waals surface area contributed by atoms with Crippen molar-refractivity contribution in [3.63, 3.8) is 0 Å². The van der Waals surface area contributed by atoms with Crippen molar-refractivity contribution >= 4 is 36.2 Å². The topological polar surface area (TPSA) is 32.5 Å². The molecule has 2 N–H and O–H groups in total. The molecule has 1 aromatic heterocycles. The van der Waals surface area contributed by atoms with Crippen LogP contribution in [0.25, 0.3) is 0 Å². The summed E-state index contributed by atoms with van der Waals surface area (Å²) in [5.41, 5.74) is 8.45. The molecule has 1 fully saturated rings. The quantitative estimate of drug-likeness (QED) is 0.798. The second kappa shape index (κ2) is 11.9. The lowest BCUT2D eigenvalue weighted by Gasteiger charge is -2.21. The normalized spacial score (nSPS) is 15.9. The molecule has 2 heterocycles. The minimum atomic E-state index is 0. The van der Waals surface area contributed by atoms with Gasteiger partial charge in [0.15, 0.2) is 0 Å². The first-order chi connectivity index (χ1) is 11.3. The van der Waals surface area contributed by atoms with Crippen molar-refractivity contribution in [2.24, 2.45) is 5.73 Å². The van der Waals surface area contributed by atoms with Crippen LogP contribution in [0.5, 0.6) is 0 Å². The molecule has 0 bridgehead atoms. The van der Waals surface area contributed by atoms with Gasteiger partial charge in [0.1, 0.15) is 0 Å². The van der Waals surface area contributed by atoms with Crippen molar-refractivity contribution in [2.75, 3.05) is 32.7 Å². The van der Waals surface area contributed by atoms with E-state index in [-0.39, 0.29) is 24.8 Å². The highest BCUT2D eigenvalue weighted by atomic mass is 35.5. The van der Waals surface area contributed by atoms with Crippen molar-refractivity contribution in [2.45, 2.75) is 25.9 Å². The van der Waals surface area contributed by atoms with E-state index in [2.05, 4.69) is 51.6 Å². The molecule has 0 atom stereocenters. The number of thiophene rings is 1. The first-order valence-corrected chi connectivity index (χ1v) is 9.46. The second-order valence-electron chi connectivity index (χ2n) is 6.34. The van der Waals surface area contributed by atoms with E-state index in [1.54, 1.807) is 0 Å². The maximum Gasteiger partial charge on any atom is 0.0328 e. The fourth-order valence-corrected chi connectivity index (χ4v) is 4.02. The van der Waals surface area contributed by atoms with Gasteiger partial charge < -0.3 is 5.73 Å². The largest absolute Gasteiger partial charge is 0.330 e. The number of hydrogen-bond acceptors (Lipinski definition) is 4. The van der Waals surface area contributed by atoms with Gasteiger partial charge >= 0.3 is 0 Å². The Morgan fingerprint density at radius 3 is 2.28 bits per heavy atom. The Morgan fingerprint density at radius 2 is 1.60 bits per heavy atom. The summed E-state index contributed by atoms with van der Waals surface area (Å²) in [5, 5.41) is 2.17. The number of rotatable bonds is 6. The zero-order valence-electron chi connectivity index (χ0n) is 14.6.